The third-order valence-corrected chi connectivity index (χ3v) is 5.85. The molecule has 0 radical (unpaired) electrons. The van der Waals surface area contributed by atoms with E-state index in [1.165, 1.54) is 0 Å². The highest BCUT2D eigenvalue weighted by atomic mass is 32.2. The maximum Gasteiger partial charge on any atom is 0.227 e. The van der Waals surface area contributed by atoms with E-state index in [1.54, 1.807) is 54.6 Å². The van der Waals surface area contributed by atoms with Crippen LogP contribution in [0.4, 0.5) is 5.69 Å². The third-order valence-electron chi connectivity index (χ3n) is 4.17. The zero-order valence-electron chi connectivity index (χ0n) is 12.9. The molecule has 0 aromatic heterocycles. The SMILES string of the molecule is C[C@@H]1C[C@H]1C(=O)Nc1ccccc1CS(=O)(=O)c1ccccc1. The van der Waals surface area contributed by atoms with Crippen LogP contribution in [-0.2, 0) is 20.4 Å². The summed E-state index contributed by atoms with van der Waals surface area (Å²) >= 11 is 0. The third kappa shape index (κ3) is 3.62. The van der Waals surface area contributed by atoms with Gasteiger partial charge in [-0.3, -0.25) is 4.79 Å². The first-order chi connectivity index (χ1) is 11.0. The van der Waals surface area contributed by atoms with Crippen molar-refractivity contribution < 1.29 is 13.2 Å². The molecule has 1 aliphatic carbocycles. The normalized spacial score (nSPS) is 20.0. The highest BCUT2D eigenvalue weighted by Crippen LogP contribution is 2.38. The topological polar surface area (TPSA) is 63.2 Å². The molecule has 0 unspecified atom stereocenters. The number of anilines is 1. The Hall–Kier alpha value is -2.14. The number of hydrogen-bond acceptors (Lipinski definition) is 3. The van der Waals surface area contributed by atoms with Crippen LogP contribution in [-0.4, -0.2) is 14.3 Å². The van der Waals surface area contributed by atoms with E-state index in [1.807, 2.05) is 6.92 Å². The predicted molar refractivity (Wildman–Crippen MR) is 89.7 cm³/mol. The molecule has 23 heavy (non-hydrogen) atoms. The van der Waals surface area contributed by atoms with Crippen molar-refractivity contribution in [2.45, 2.75) is 24.0 Å². The van der Waals surface area contributed by atoms with Gasteiger partial charge in [0, 0.05) is 11.6 Å². The Morgan fingerprint density at radius 3 is 2.35 bits per heavy atom. The Kier molecular flexibility index (Phi) is 4.22. The molecule has 2 aromatic rings. The van der Waals surface area contributed by atoms with Crippen molar-refractivity contribution in [1.82, 2.24) is 0 Å². The van der Waals surface area contributed by atoms with Crippen LogP contribution in [0.25, 0.3) is 0 Å². The lowest BCUT2D eigenvalue weighted by Gasteiger charge is -2.11. The summed E-state index contributed by atoms with van der Waals surface area (Å²) in [6.45, 7) is 2.04. The molecule has 1 amide bonds. The molecular formula is C18H19NO3S. The Morgan fingerprint density at radius 2 is 1.70 bits per heavy atom. The highest BCUT2D eigenvalue weighted by Gasteiger charge is 2.39. The van der Waals surface area contributed by atoms with Gasteiger partial charge < -0.3 is 5.32 Å². The summed E-state index contributed by atoms with van der Waals surface area (Å²) in [4.78, 5) is 12.4. The van der Waals surface area contributed by atoms with Crippen molar-refractivity contribution in [2.75, 3.05) is 5.32 Å². The second-order valence-electron chi connectivity index (χ2n) is 6.04. The van der Waals surface area contributed by atoms with Gasteiger partial charge in [0.05, 0.1) is 10.6 Å². The molecule has 1 N–H and O–H groups in total. The van der Waals surface area contributed by atoms with Gasteiger partial charge in [-0.25, -0.2) is 8.42 Å². The van der Waals surface area contributed by atoms with Crippen molar-refractivity contribution in [3.8, 4) is 0 Å². The van der Waals surface area contributed by atoms with Gasteiger partial charge in [0.1, 0.15) is 0 Å². The fourth-order valence-electron chi connectivity index (χ4n) is 2.60. The number of para-hydroxylation sites is 1. The average molecular weight is 329 g/mol. The van der Waals surface area contributed by atoms with Gasteiger partial charge in [-0.1, -0.05) is 43.3 Å². The number of carbonyl (C=O) groups is 1. The molecule has 1 saturated carbocycles. The molecule has 1 fully saturated rings. The second kappa shape index (κ2) is 6.16. The van der Waals surface area contributed by atoms with Gasteiger partial charge >= 0.3 is 0 Å². The molecule has 120 valence electrons. The molecule has 3 rings (SSSR count). The first kappa shape index (κ1) is 15.7. The van der Waals surface area contributed by atoms with Crippen LogP contribution >= 0.6 is 0 Å². The van der Waals surface area contributed by atoms with E-state index < -0.39 is 9.84 Å². The first-order valence-corrected chi connectivity index (χ1v) is 9.29. The van der Waals surface area contributed by atoms with E-state index in [4.69, 9.17) is 0 Å². The van der Waals surface area contributed by atoms with Crippen molar-refractivity contribution in [1.29, 1.82) is 0 Å². The van der Waals surface area contributed by atoms with Crippen LogP contribution < -0.4 is 5.32 Å². The second-order valence-corrected chi connectivity index (χ2v) is 8.03. The Labute approximate surface area is 136 Å². The molecule has 5 heteroatoms. The Bertz CT molecular complexity index is 815. The lowest BCUT2D eigenvalue weighted by atomic mass is 10.2. The van der Waals surface area contributed by atoms with Crippen LogP contribution in [0.5, 0.6) is 0 Å². The zero-order chi connectivity index (χ0) is 16.4. The van der Waals surface area contributed by atoms with Crippen LogP contribution in [0, 0.1) is 11.8 Å². The zero-order valence-corrected chi connectivity index (χ0v) is 13.7. The number of nitrogens with one attached hydrogen (secondary N) is 1. The van der Waals surface area contributed by atoms with Crippen molar-refractivity contribution in [2.24, 2.45) is 11.8 Å². The fraction of sp³-hybridized carbons (Fsp3) is 0.278. The van der Waals surface area contributed by atoms with E-state index in [0.29, 0.717) is 17.2 Å². The summed E-state index contributed by atoms with van der Waals surface area (Å²) < 4.78 is 25.1. The molecule has 1 aliphatic rings. The summed E-state index contributed by atoms with van der Waals surface area (Å²) in [5.41, 5.74) is 1.19. The molecule has 0 bridgehead atoms. The maximum atomic E-state index is 12.5. The summed E-state index contributed by atoms with van der Waals surface area (Å²) in [5, 5.41) is 2.87. The number of carbonyl (C=O) groups excluding carboxylic acids is 1. The minimum atomic E-state index is -3.44. The van der Waals surface area contributed by atoms with Gasteiger partial charge in [0.2, 0.25) is 5.91 Å². The van der Waals surface area contributed by atoms with Crippen molar-refractivity contribution in [3.05, 3.63) is 60.2 Å². The standard InChI is InChI=1S/C18H19NO3S/c1-13-11-16(13)18(20)19-17-10-6-5-7-14(17)12-23(21,22)15-8-3-2-4-9-15/h2-10,13,16H,11-12H2,1H3,(H,19,20)/t13-,16-/m1/s1. The van der Waals surface area contributed by atoms with Crippen LogP contribution in [0.1, 0.15) is 18.9 Å². The average Bonchev–Trinajstić information content (AvgIpc) is 3.27. The highest BCUT2D eigenvalue weighted by molar-refractivity contribution is 7.90. The molecule has 0 saturated heterocycles. The maximum absolute atomic E-state index is 12.5. The molecule has 2 atom stereocenters. The smallest absolute Gasteiger partial charge is 0.227 e. The van der Waals surface area contributed by atoms with Gasteiger partial charge in [-0.2, -0.15) is 0 Å². The number of amides is 1. The van der Waals surface area contributed by atoms with E-state index >= 15 is 0 Å². The first-order valence-electron chi connectivity index (χ1n) is 7.64. The quantitative estimate of drug-likeness (QED) is 0.916. The summed E-state index contributed by atoms with van der Waals surface area (Å²) in [5.74, 6) is 0.305. The lowest BCUT2D eigenvalue weighted by molar-refractivity contribution is -0.117. The molecule has 0 spiro atoms. The van der Waals surface area contributed by atoms with Gasteiger partial charge in [-0.05, 0) is 36.1 Å². The van der Waals surface area contributed by atoms with E-state index in [-0.39, 0.29) is 22.5 Å². The van der Waals surface area contributed by atoms with Gasteiger partial charge in [0.15, 0.2) is 9.84 Å². The summed E-state index contributed by atoms with van der Waals surface area (Å²) in [6.07, 6.45) is 0.899. The number of benzene rings is 2. The van der Waals surface area contributed by atoms with Crippen LogP contribution in [0.15, 0.2) is 59.5 Å². The minimum absolute atomic E-state index is 0.0259. The van der Waals surface area contributed by atoms with Crippen molar-refractivity contribution in [3.63, 3.8) is 0 Å². The molecular weight excluding hydrogens is 310 g/mol. The monoisotopic (exact) mass is 329 g/mol. The molecule has 0 heterocycles. The van der Waals surface area contributed by atoms with Crippen molar-refractivity contribution >= 4 is 21.4 Å². The Balaban J connectivity index is 1.82. The summed E-state index contributed by atoms with van der Waals surface area (Å²) in [7, 11) is -3.44. The van der Waals surface area contributed by atoms with Crippen LogP contribution in [0.3, 0.4) is 0 Å². The van der Waals surface area contributed by atoms with Crippen LogP contribution in [0.2, 0.25) is 0 Å². The number of sulfone groups is 1. The van der Waals surface area contributed by atoms with E-state index in [2.05, 4.69) is 5.32 Å². The molecule has 4 nitrogen and oxygen atoms in total. The minimum Gasteiger partial charge on any atom is -0.326 e. The van der Waals surface area contributed by atoms with E-state index in [0.717, 1.165) is 6.42 Å². The molecule has 2 aromatic carbocycles. The largest absolute Gasteiger partial charge is 0.326 e. The summed E-state index contributed by atoms with van der Waals surface area (Å²) in [6, 6.07) is 15.4. The van der Waals surface area contributed by atoms with E-state index in [9.17, 15) is 13.2 Å². The Morgan fingerprint density at radius 1 is 1.09 bits per heavy atom. The molecule has 0 aliphatic heterocycles. The number of hydrogen-bond donors (Lipinski definition) is 1. The lowest BCUT2D eigenvalue weighted by Crippen LogP contribution is -2.16. The van der Waals surface area contributed by atoms with Gasteiger partial charge in [-0.15, -0.1) is 0 Å². The van der Waals surface area contributed by atoms with Gasteiger partial charge in [0.25, 0.3) is 0 Å². The fourth-order valence-corrected chi connectivity index (χ4v) is 4.00. The predicted octanol–water partition coefficient (Wildman–Crippen LogP) is 3.26. The number of rotatable bonds is 5.